The predicted molar refractivity (Wildman–Crippen MR) is 69.2 cm³/mol. The summed E-state index contributed by atoms with van der Waals surface area (Å²) in [7, 11) is 1.47. The third-order valence-corrected chi connectivity index (χ3v) is 2.71. The molecule has 0 aromatic rings. The summed E-state index contributed by atoms with van der Waals surface area (Å²) in [6.45, 7) is 10.5. The van der Waals surface area contributed by atoms with E-state index in [0.29, 0.717) is 6.42 Å². The molecule has 2 atom stereocenters. The SMILES string of the molecule is CCC(C)(OC)C(=O)N[C@H](C)C(=O)OC(C)(C)C. The van der Waals surface area contributed by atoms with Crippen LogP contribution in [0.3, 0.4) is 0 Å². The van der Waals surface area contributed by atoms with Crippen LogP contribution in [-0.4, -0.2) is 36.2 Å². The Morgan fingerprint density at radius 2 is 1.72 bits per heavy atom. The Balaban J connectivity index is 4.53. The maximum atomic E-state index is 12.0. The van der Waals surface area contributed by atoms with E-state index in [0.717, 1.165) is 0 Å². The summed E-state index contributed by atoms with van der Waals surface area (Å²) in [5, 5.41) is 2.61. The van der Waals surface area contributed by atoms with Gasteiger partial charge in [0.2, 0.25) is 0 Å². The van der Waals surface area contributed by atoms with Crippen LogP contribution in [0, 0.1) is 0 Å². The Hall–Kier alpha value is -1.10. The average molecular weight is 259 g/mol. The maximum absolute atomic E-state index is 12.0. The maximum Gasteiger partial charge on any atom is 0.328 e. The molecular formula is C13H25NO4. The van der Waals surface area contributed by atoms with Gasteiger partial charge in [-0.25, -0.2) is 4.79 Å². The molecule has 1 amide bonds. The number of amides is 1. The van der Waals surface area contributed by atoms with Crippen LogP contribution in [0.25, 0.3) is 0 Å². The fourth-order valence-corrected chi connectivity index (χ4v) is 1.20. The molecule has 106 valence electrons. The fraction of sp³-hybridized carbons (Fsp3) is 0.846. The van der Waals surface area contributed by atoms with Crippen molar-refractivity contribution < 1.29 is 19.1 Å². The second kappa shape index (κ2) is 6.18. The van der Waals surface area contributed by atoms with Crippen molar-refractivity contribution >= 4 is 11.9 Å². The van der Waals surface area contributed by atoms with Gasteiger partial charge in [-0.2, -0.15) is 0 Å². The van der Waals surface area contributed by atoms with E-state index in [1.807, 2.05) is 6.92 Å². The molecule has 0 aliphatic heterocycles. The van der Waals surface area contributed by atoms with Gasteiger partial charge in [-0.1, -0.05) is 6.92 Å². The summed E-state index contributed by atoms with van der Waals surface area (Å²) >= 11 is 0. The second-order valence-corrected chi connectivity index (χ2v) is 5.52. The van der Waals surface area contributed by atoms with E-state index in [1.165, 1.54) is 7.11 Å². The third-order valence-electron chi connectivity index (χ3n) is 2.71. The minimum atomic E-state index is -0.920. The van der Waals surface area contributed by atoms with Crippen molar-refractivity contribution in [2.45, 2.75) is 65.2 Å². The van der Waals surface area contributed by atoms with Crippen molar-refractivity contribution in [3.8, 4) is 0 Å². The first-order valence-electron chi connectivity index (χ1n) is 6.14. The number of carbonyl (C=O) groups is 2. The molecule has 5 heteroatoms. The quantitative estimate of drug-likeness (QED) is 0.762. The normalized spacial score (nSPS) is 16.6. The van der Waals surface area contributed by atoms with Crippen molar-refractivity contribution in [2.75, 3.05) is 7.11 Å². The molecular weight excluding hydrogens is 234 g/mol. The number of rotatable bonds is 5. The Bertz CT molecular complexity index is 303. The van der Waals surface area contributed by atoms with E-state index >= 15 is 0 Å². The first-order valence-corrected chi connectivity index (χ1v) is 6.14. The van der Waals surface area contributed by atoms with Gasteiger partial charge in [0.25, 0.3) is 5.91 Å². The van der Waals surface area contributed by atoms with E-state index in [2.05, 4.69) is 5.32 Å². The van der Waals surface area contributed by atoms with Crippen LogP contribution < -0.4 is 5.32 Å². The van der Waals surface area contributed by atoms with E-state index in [4.69, 9.17) is 9.47 Å². The Morgan fingerprint density at radius 1 is 1.22 bits per heavy atom. The van der Waals surface area contributed by atoms with Crippen LogP contribution in [0.15, 0.2) is 0 Å². The van der Waals surface area contributed by atoms with E-state index in [9.17, 15) is 9.59 Å². The zero-order valence-electron chi connectivity index (χ0n) is 12.4. The van der Waals surface area contributed by atoms with Gasteiger partial charge >= 0.3 is 5.97 Å². The van der Waals surface area contributed by atoms with Gasteiger partial charge in [0.15, 0.2) is 0 Å². The van der Waals surface area contributed by atoms with Gasteiger partial charge in [-0.3, -0.25) is 4.79 Å². The molecule has 0 rings (SSSR count). The third kappa shape index (κ3) is 5.04. The lowest BCUT2D eigenvalue weighted by molar-refractivity contribution is -0.160. The van der Waals surface area contributed by atoms with Crippen molar-refractivity contribution in [1.29, 1.82) is 0 Å². The Morgan fingerprint density at radius 3 is 2.06 bits per heavy atom. The predicted octanol–water partition coefficient (Wildman–Crippen LogP) is 1.65. The van der Waals surface area contributed by atoms with Gasteiger partial charge in [-0.15, -0.1) is 0 Å². The summed E-state index contributed by atoms with van der Waals surface area (Å²) in [6.07, 6.45) is 0.524. The molecule has 0 aliphatic carbocycles. The largest absolute Gasteiger partial charge is 0.458 e. The number of methoxy groups -OCH3 is 1. The first kappa shape index (κ1) is 16.9. The van der Waals surface area contributed by atoms with Gasteiger partial charge in [-0.05, 0) is 41.0 Å². The molecule has 0 spiro atoms. The van der Waals surface area contributed by atoms with Gasteiger partial charge < -0.3 is 14.8 Å². The Labute approximate surface area is 109 Å². The van der Waals surface area contributed by atoms with Crippen LogP contribution in [0.5, 0.6) is 0 Å². The molecule has 1 unspecified atom stereocenters. The van der Waals surface area contributed by atoms with Crippen molar-refractivity contribution in [3.05, 3.63) is 0 Å². The molecule has 0 aliphatic rings. The lowest BCUT2D eigenvalue weighted by atomic mass is 10.0. The van der Waals surface area contributed by atoms with Gasteiger partial charge in [0.05, 0.1) is 0 Å². The molecule has 0 aromatic carbocycles. The smallest absolute Gasteiger partial charge is 0.328 e. The minimum Gasteiger partial charge on any atom is -0.458 e. The topological polar surface area (TPSA) is 64.6 Å². The molecule has 0 saturated heterocycles. The summed E-state index contributed by atoms with van der Waals surface area (Å²) in [6, 6.07) is -0.697. The van der Waals surface area contributed by atoms with Crippen LogP contribution in [0.2, 0.25) is 0 Å². The highest BCUT2D eigenvalue weighted by Gasteiger charge is 2.33. The highest BCUT2D eigenvalue weighted by molar-refractivity contribution is 5.89. The van der Waals surface area contributed by atoms with Crippen LogP contribution in [0.4, 0.5) is 0 Å². The fourth-order valence-electron chi connectivity index (χ4n) is 1.20. The number of hydrogen-bond acceptors (Lipinski definition) is 4. The van der Waals surface area contributed by atoms with E-state index in [1.54, 1.807) is 34.6 Å². The molecule has 0 bridgehead atoms. The zero-order chi connectivity index (χ0) is 14.6. The number of nitrogens with one attached hydrogen (secondary N) is 1. The van der Waals surface area contributed by atoms with E-state index < -0.39 is 23.2 Å². The summed E-state index contributed by atoms with van der Waals surface area (Å²) in [5.74, 6) is -0.767. The highest BCUT2D eigenvalue weighted by Crippen LogP contribution is 2.15. The van der Waals surface area contributed by atoms with Crippen LogP contribution in [-0.2, 0) is 19.1 Å². The molecule has 5 nitrogen and oxygen atoms in total. The van der Waals surface area contributed by atoms with Crippen molar-refractivity contribution in [3.63, 3.8) is 0 Å². The monoisotopic (exact) mass is 259 g/mol. The lowest BCUT2D eigenvalue weighted by Gasteiger charge is -2.28. The summed E-state index contributed by atoms with van der Waals surface area (Å²) < 4.78 is 10.4. The first-order chi connectivity index (χ1) is 8.05. The number of hydrogen-bond donors (Lipinski definition) is 1. The van der Waals surface area contributed by atoms with Gasteiger partial charge in [0, 0.05) is 7.11 Å². The molecule has 0 heterocycles. The van der Waals surface area contributed by atoms with Crippen LogP contribution >= 0.6 is 0 Å². The molecule has 1 N–H and O–H groups in total. The average Bonchev–Trinajstić information content (AvgIpc) is 2.25. The number of esters is 1. The minimum absolute atomic E-state index is 0.314. The van der Waals surface area contributed by atoms with Crippen LogP contribution in [0.1, 0.15) is 48.0 Å². The molecule has 0 saturated carbocycles. The van der Waals surface area contributed by atoms with Gasteiger partial charge in [0.1, 0.15) is 17.2 Å². The standard InChI is InChI=1S/C13H25NO4/c1-8-13(6,17-7)11(16)14-9(2)10(15)18-12(3,4)5/h9H,8H2,1-7H3,(H,14,16)/t9-,13?/m1/s1. The van der Waals surface area contributed by atoms with Crippen molar-refractivity contribution in [1.82, 2.24) is 5.32 Å². The molecule has 18 heavy (non-hydrogen) atoms. The zero-order valence-corrected chi connectivity index (χ0v) is 12.4. The molecule has 0 aromatic heterocycles. The molecule has 0 fully saturated rings. The summed E-state index contributed by atoms with van der Waals surface area (Å²) in [4.78, 5) is 23.7. The van der Waals surface area contributed by atoms with Crippen molar-refractivity contribution in [2.24, 2.45) is 0 Å². The number of carbonyl (C=O) groups excluding carboxylic acids is 2. The lowest BCUT2D eigenvalue weighted by Crippen LogP contribution is -2.51. The Kier molecular flexibility index (Phi) is 5.80. The second-order valence-electron chi connectivity index (χ2n) is 5.52. The molecule has 0 radical (unpaired) electrons. The number of ether oxygens (including phenoxy) is 2. The highest BCUT2D eigenvalue weighted by atomic mass is 16.6. The van der Waals surface area contributed by atoms with E-state index in [-0.39, 0.29) is 5.91 Å². The summed E-state index contributed by atoms with van der Waals surface area (Å²) in [5.41, 5.74) is -1.48.